The van der Waals surface area contributed by atoms with Crippen molar-refractivity contribution in [2.45, 2.75) is 258 Å². The molecule has 0 aromatic carbocycles. The largest absolute Gasteiger partial charge is 0.462 e. The molecule has 0 aliphatic heterocycles. The summed E-state index contributed by atoms with van der Waals surface area (Å²) in [5.41, 5.74) is 0. The molecule has 0 N–H and O–H groups in total. The lowest BCUT2D eigenvalue weighted by Crippen LogP contribution is -2.30. The van der Waals surface area contributed by atoms with Gasteiger partial charge >= 0.3 is 17.9 Å². The summed E-state index contributed by atoms with van der Waals surface area (Å²) in [7, 11) is 0. The number of esters is 3. The van der Waals surface area contributed by atoms with E-state index in [0.29, 0.717) is 19.3 Å². The standard InChI is InChI=1S/C57H98O6/c1-4-7-10-13-16-18-20-22-24-26-27-28-29-31-32-34-36-38-41-44-47-50-56(59)62-53-54(52-61-55(58)49-46-43-40-15-12-9-6-3)63-57(60)51-48-45-42-39-37-35-33-30-25-23-21-19-17-14-11-8-5-2/h8,11,17,19,23,25-27,33,35,39,42,54H,4-7,9-10,12-16,18,20-22,24,28-32,34,36-38,40-41,43-53H2,1-3H3/b11-8-,19-17-,25-23-,27-26-,35-33-,42-39-. The highest BCUT2D eigenvalue weighted by Gasteiger charge is 2.19. The number of hydrogen-bond donors (Lipinski definition) is 0. The zero-order chi connectivity index (χ0) is 45.8. The SMILES string of the molecule is CC/C=C\C/C=C\C/C=C\C/C=C\C/C=C\CCCC(=O)OC(COC(=O)CCCCCCCCC)COC(=O)CCCCCCCCCCC/C=C\CCCCCCCCCC. The molecule has 0 aromatic heterocycles. The van der Waals surface area contributed by atoms with E-state index in [0.717, 1.165) is 77.0 Å². The average Bonchev–Trinajstić information content (AvgIpc) is 3.28. The highest BCUT2D eigenvalue weighted by atomic mass is 16.6. The molecule has 1 atom stereocenters. The van der Waals surface area contributed by atoms with Crippen LogP contribution >= 0.6 is 0 Å². The quantitative estimate of drug-likeness (QED) is 0.0262. The molecule has 362 valence electrons. The average molecular weight is 879 g/mol. The Balaban J connectivity index is 4.30. The van der Waals surface area contributed by atoms with Crippen molar-refractivity contribution < 1.29 is 28.6 Å². The van der Waals surface area contributed by atoms with Gasteiger partial charge in [-0.1, -0.05) is 222 Å². The van der Waals surface area contributed by atoms with E-state index in [1.54, 1.807) is 0 Å². The van der Waals surface area contributed by atoms with Gasteiger partial charge in [-0.25, -0.2) is 0 Å². The van der Waals surface area contributed by atoms with Crippen LogP contribution in [0.4, 0.5) is 0 Å². The minimum absolute atomic E-state index is 0.0980. The molecule has 0 saturated heterocycles. The normalized spacial score (nSPS) is 12.6. The predicted molar refractivity (Wildman–Crippen MR) is 270 cm³/mol. The third kappa shape index (κ3) is 49.7. The van der Waals surface area contributed by atoms with Gasteiger partial charge < -0.3 is 14.2 Å². The molecule has 6 nitrogen and oxygen atoms in total. The predicted octanol–water partition coefficient (Wildman–Crippen LogP) is 17.4. The van der Waals surface area contributed by atoms with Crippen LogP contribution in [-0.4, -0.2) is 37.2 Å². The van der Waals surface area contributed by atoms with Crippen LogP contribution in [0.1, 0.15) is 252 Å². The molecule has 0 fully saturated rings. The molecular weight excluding hydrogens is 781 g/mol. The Bertz CT molecular complexity index is 1190. The maximum atomic E-state index is 12.7. The van der Waals surface area contributed by atoms with E-state index in [4.69, 9.17) is 14.2 Å². The molecule has 1 unspecified atom stereocenters. The molecule has 0 rings (SSSR count). The minimum Gasteiger partial charge on any atom is -0.462 e. The van der Waals surface area contributed by atoms with Crippen LogP contribution in [0, 0.1) is 0 Å². The summed E-state index contributed by atoms with van der Waals surface area (Å²) < 4.78 is 16.7. The van der Waals surface area contributed by atoms with Crippen molar-refractivity contribution in [2.24, 2.45) is 0 Å². The summed E-state index contributed by atoms with van der Waals surface area (Å²) in [6, 6.07) is 0. The number of carbonyl (C=O) groups is 3. The Hall–Kier alpha value is -3.15. The van der Waals surface area contributed by atoms with Gasteiger partial charge in [0.15, 0.2) is 6.10 Å². The van der Waals surface area contributed by atoms with E-state index >= 15 is 0 Å². The lowest BCUT2D eigenvalue weighted by atomic mass is 10.1. The number of carbonyl (C=O) groups excluding carboxylic acids is 3. The van der Waals surface area contributed by atoms with Gasteiger partial charge in [-0.15, -0.1) is 0 Å². The van der Waals surface area contributed by atoms with Crippen molar-refractivity contribution in [3.05, 3.63) is 72.9 Å². The Labute approximate surface area is 389 Å². The summed E-state index contributed by atoms with van der Waals surface area (Å²) in [4.78, 5) is 37.8. The first-order valence-electron chi connectivity index (χ1n) is 26.4. The molecule has 63 heavy (non-hydrogen) atoms. The second-order valence-electron chi connectivity index (χ2n) is 17.4. The molecule has 0 saturated carbocycles. The lowest BCUT2D eigenvalue weighted by molar-refractivity contribution is -0.167. The van der Waals surface area contributed by atoms with E-state index < -0.39 is 6.10 Å². The van der Waals surface area contributed by atoms with Gasteiger partial charge in [0.1, 0.15) is 13.2 Å². The molecular formula is C57H98O6. The van der Waals surface area contributed by atoms with E-state index in [9.17, 15) is 14.4 Å². The van der Waals surface area contributed by atoms with Crippen LogP contribution in [0.25, 0.3) is 0 Å². The van der Waals surface area contributed by atoms with E-state index in [1.807, 2.05) is 0 Å². The Morgan fingerprint density at radius 1 is 0.333 bits per heavy atom. The first-order chi connectivity index (χ1) is 31.0. The summed E-state index contributed by atoms with van der Waals surface area (Å²) >= 11 is 0. The molecule has 0 aliphatic carbocycles. The first kappa shape index (κ1) is 59.9. The van der Waals surface area contributed by atoms with Gasteiger partial charge in [0.2, 0.25) is 0 Å². The Morgan fingerprint density at radius 3 is 1.03 bits per heavy atom. The first-order valence-corrected chi connectivity index (χ1v) is 26.4. The summed E-state index contributed by atoms with van der Waals surface area (Å²) in [5, 5.41) is 0. The molecule has 0 aromatic rings. The van der Waals surface area contributed by atoms with E-state index in [2.05, 4.69) is 93.7 Å². The molecule has 0 bridgehead atoms. The van der Waals surface area contributed by atoms with Gasteiger partial charge in [-0.05, 0) is 83.5 Å². The number of unbranched alkanes of at least 4 members (excludes halogenated alkanes) is 24. The molecule has 6 heteroatoms. The molecule has 0 amide bonds. The fourth-order valence-electron chi connectivity index (χ4n) is 7.24. The second kappa shape index (κ2) is 51.5. The van der Waals surface area contributed by atoms with Crippen LogP contribution in [0.2, 0.25) is 0 Å². The number of ether oxygens (including phenoxy) is 3. The molecule has 0 aliphatic rings. The Kier molecular flexibility index (Phi) is 48.9. The van der Waals surface area contributed by atoms with Gasteiger partial charge in [0, 0.05) is 19.3 Å². The van der Waals surface area contributed by atoms with Gasteiger partial charge in [-0.3, -0.25) is 14.4 Å². The molecule has 0 heterocycles. The van der Waals surface area contributed by atoms with Crippen molar-refractivity contribution in [3.8, 4) is 0 Å². The van der Waals surface area contributed by atoms with E-state index in [-0.39, 0.29) is 37.5 Å². The number of rotatable bonds is 47. The van der Waals surface area contributed by atoms with Crippen LogP contribution in [-0.2, 0) is 28.6 Å². The zero-order valence-electron chi connectivity index (χ0n) is 41.3. The fourth-order valence-corrected chi connectivity index (χ4v) is 7.24. The zero-order valence-corrected chi connectivity index (χ0v) is 41.3. The maximum Gasteiger partial charge on any atom is 0.306 e. The summed E-state index contributed by atoms with van der Waals surface area (Å²) in [6.07, 6.45) is 64.9. The van der Waals surface area contributed by atoms with Crippen LogP contribution in [0.3, 0.4) is 0 Å². The van der Waals surface area contributed by atoms with E-state index in [1.165, 1.54) is 128 Å². The maximum absolute atomic E-state index is 12.7. The van der Waals surface area contributed by atoms with Gasteiger partial charge in [0.25, 0.3) is 0 Å². The minimum atomic E-state index is -0.802. The van der Waals surface area contributed by atoms with Crippen molar-refractivity contribution in [1.82, 2.24) is 0 Å². The van der Waals surface area contributed by atoms with Crippen molar-refractivity contribution >= 4 is 17.9 Å². The third-order valence-corrected chi connectivity index (χ3v) is 11.2. The van der Waals surface area contributed by atoms with Gasteiger partial charge in [0.05, 0.1) is 0 Å². The van der Waals surface area contributed by atoms with Crippen molar-refractivity contribution in [3.63, 3.8) is 0 Å². The van der Waals surface area contributed by atoms with Crippen LogP contribution in [0.15, 0.2) is 72.9 Å². The van der Waals surface area contributed by atoms with Gasteiger partial charge in [-0.2, -0.15) is 0 Å². The fraction of sp³-hybridized carbons (Fsp3) is 0.737. The monoisotopic (exact) mass is 879 g/mol. The van der Waals surface area contributed by atoms with Crippen molar-refractivity contribution in [2.75, 3.05) is 13.2 Å². The highest BCUT2D eigenvalue weighted by molar-refractivity contribution is 5.71. The van der Waals surface area contributed by atoms with Crippen LogP contribution < -0.4 is 0 Å². The summed E-state index contributed by atoms with van der Waals surface area (Å²) in [5.74, 6) is -0.963. The van der Waals surface area contributed by atoms with Crippen molar-refractivity contribution in [1.29, 1.82) is 0 Å². The summed E-state index contributed by atoms with van der Waals surface area (Å²) in [6.45, 7) is 6.44. The Morgan fingerprint density at radius 2 is 0.635 bits per heavy atom. The highest BCUT2D eigenvalue weighted by Crippen LogP contribution is 2.14. The third-order valence-electron chi connectivity index (χ3n) is 11.2. The van der Waals surface area contributed by atoms with Crippen LogP contribution in [0.5, 0.6) is 0 Å². The number of hydrogen-bond acceptors (Lipinski definition) is 6. The number of allylic oxidation sites excluding steroid dienone is 12. The topological polar surface area (TPSA) is 78.9 Å². The lowest BCUT2D eigenvalue weighted by Gasteiger charge is -2.18. The molecule has 0 spiro atoms. The smallest absolute Gasteiger partial charge is 0.306 e. The second-order valence-corrected chi connectivity index (χ2v) is 17.4. The molecule has 0 radical (unpaired) electrons.